The van der Waals surface area contributed by atoms with Crippen LogP contribution in [0.2, 0.25) is 0 Å². The fourth-order valence-corrected chi connectivity index (χ4v) is 8.86. The molecule has 2 atom stereocenters. The predicted octanol–water partition coefficient (Wildman–Crippen LogP) is 18.0. The molecule has 3 N–H and O–H groups in total. The van der Waals surface area contributed by atoms with Crippen molar-refractivity contribution < 1.29 is 24.5 Å². The molecule has 0 fully saturated rings. The van der Waals surface area contributed by atoms with Crippen LogP contribution in [-0.4, -0.2) is 47.4 Å². The molecule has 0 aromatic carbocycles. The van der Waals surface area contributed by atoms with Crippen LogP contribution in [0.1, 0.15) is 309 Å². The number of aliphatic hydroxyl groups is 2. The van der Waals surface area contributed by atoms with E-state index in [1.165, 1.54) is 231 Å². The van der Waals surface area contributed by atoms with Gasteiger partial charge < -0.3 is 20.3 Å². The van der Waals surface area contributed by atoms with Gasteiger partial charge in [-0.25, -0.2) is 0 Å². The lowest BCUT2D eigenvalue weighted by Gasteiger charge is -2.20. The van der Waals surface area contributed by atoms with Crippen LogP contribution < -0.4 is 5.32 Å². The molecule has 66 heavy (non-hydrogen) atoms. The fraction of sp³-hybridized carbons (Fsp3) is 0.867. The van der Waals surface area contributed by atoms with Gasteiger partial charge in [-0.05, 0) is 83.5 Å². The number of unbranched alkanes of at least 4 members (excludes halogenated alkanes) is 39. The van der Waals surface area contributed by atoms with E-state index in [1.807, 2.05) is 6.08 Å². The second-order valence-electron chi connectivity index (χ2n) is 20.0. The zero-order valence-electron chi connectivity index (χ0n) is 44.2. The SMILES string of the molecule is CCCCCCCC/C=C\CCCCCCCC(=O)OCCCCCCCCCC/C=C\CCCCCCCCCC(=O)NC(CO)C(O)/C=C/CCCCCCCCCCCCCCC. The number of hydrogen-bond acceptors (Lipinski definition) is 5. The third kappa shape index (κ3) is 51.5. The first-order valence-corrected chi connectivity index (χ1v) is 29.3. The Kier molecular flexibility index (Phi) is 54.1. The summed E-state index contributed by atoms with van der Waals surface area (Å²) < 4.78 is 5.47. The van der Waals surface area contributed by atoms with Gasteiger partial charge in [0.05, 0.1) is 25.4 Å². The number of hydrogen-bond donors (Lipinski definition) is 3. The number of rotatable bonds is 54. The number of amides is 1. The monoisotopic (exact) mass is 928 g/mol. The first kappa shape index (κ1) is 64.1. The van der Waals surface area contributed by atoms with Crippen molar-refractivity contribution in [1.29, 1.82) is 0 Å². The van der Waals surface area contributed by atoms with Crippen LogP contribution in [0.3, 0.4) is 0 Å². The number of ether oxygens (including phenoxy) is 1. The van der Waals surface area contributed by atoms with Crippen LogP contribution in [-0.2, 0) is 14.3 Å². The van der Waals surface area contributed by atoms with Crippen molar-refractivity contribution in [2.45, 2.75) is 321 Å². The standard InChI is InChI=1S/C60H113NO5/c1-3-5-7-9-11-13-15-17-24-28-32-36-40-44-48-52-58(63)57(56-62)61-59(64)53-49-45-41-37-33-29-26-22-20-19-21-23-27-31-35-39-43-47-51-55-66-60(65)54-50-46-42-38-34-30-25-18-16-14-12-10-8-6-4-2/h18-20,25,48,52,57-58,62-63H,3-17,21-24,26-47,49-51,53-56H2,1-2H3,(H,61,64)/b20-19-,25-18-,52-48+. The van der Waals surface area contributed by atoms with Gasteiger partial charge in [0.15, 0.2) is 0 Å². The molecular formula is C60H113NO5. The third-order valence-electron chi connectivity index (χ3n) is 13.4. The zero-order chi connectivity index (χ0) is 47.9. The summed E-state index contributed by atoms with van der Waals surface area (Å²) in [5, 5.41) is 23.1. The summed E-state index contributed by atoms with van der Waals surface area (Å²) in [6.07, 6.45) is 68.8. The van der Waals surface area contributed by atoms with E-state index in [0.717, 1.165) is 51.4 Å². The predicted molar refractivity (Wildman–Crippen MR) is 287 cm³/mol. The van der Waals surface area contributed by atoms with Gasteiger partial charge in [0, 0.05) is 12.8 Å². The van der Waals surface area contributed by atoms with Crippen LogP contribution in [0.5, 0.6) is 0 Å². The molecule has 0 radical (unpaired) electrons. The molecule has 0 aliphatic rings. The largest absolute Gasteiger partial charge is 0.466 e. The van der Waals surface area contributed by atoms with Crippen molar-refractivity contribution in [3.8, 4) is 0 Å². The Bertz CT molecular complexity index is 1070. The van der Waals surface area contributed by atoms with Gasteiger partial charge in [-0.1, -0.05) is 249 Å². The van der Waals surface area contributed by atoms with E-state index in [1.54, 1.807) is 6.08 Å². The minimum absolute atomic E-state index is 0.00493. The van der Waals surface area contributed by atoms with Gasteiger partial charge in [-0.2, -0.15) is 0 Å². The third-order valence-corrected chi connectivity index (χ3v) is 13.4. The van der Waals surface area contributed by atoms with Crippen molar-refractivity contribution in [1.82, 2.24) is 5.32 Å². The fourth-order valence-electron chi connectivity index (χ4n) is 8.86. The Balaban J connectivity index is 3.47. The molecule has 1 amide bonds. The molecule has 0 spiro atoms. The maximum Gasteiger partial charge on any atom is 0.305 e. The number of carbonyl (C=O) groups excluding carboxylic acids is 2. The van der Waals surface area contributed by atoms with E-state index in [2.05, 4.69) is 43.5 Å². The van der Waals surface area contributed by atoms with Gasteiger partial charge in [-0.15, -0.1) is 0 Å². The van der Waals surface area contributed by atoms with E-state index in [-0.39, 0.29) is 18.5 Å². The molecule has 0 aliphatic carbocycles. The summed E-state index contributed by atoms with van der Waals surface area (Å²) in [7, 11) is 0. The van der Waals surface area contributed by atoms with E-state index in [0.29, 0.717) is 19.4 Å². The Hall–Kier alpha value is -1.92. The summed E-state index contributed by atoms with van der Waals surface area (Å²) in [4.78, 5) is 24.5. The summed E-state index contributed by atoms with van der Waals surface area (Å²) >= 11 is 0. The maximum atomic E-state index is 12.4. The highest BCUT2D eigenvalue weighted by Crippen LogP contribution is 2.16. The molecule has 6 heteroatoms. The van der Waals surface area contributed by atoms with Gasteiger partial charge >= 0.3 is 5.97 Å². The van der Waals surface area contributed by atoms with E-state index >= 15 is 0 Å². The summed E-state index contributed by atoms with van der Waals surface area (Å²) in [5.74, 6) is -0.0822. The molecule has 0 aromatic rings. The van der Waals surface area contributed by atoms with Crippen LogP contribution in [0.4, 0.5) is 0 Å². The first-order chi connectivity index (χ1) is 32.5. The molecule has 0 saturated carbocycles. The molecule has 0 aromatic heterocycles. The molecule has 0 rings (SSSR count). The first-order valence-electron chi connectivity index (χ1n) is 29.3. The Labute approximate surface area is 411 Å². The highest BCUT2D eigenvalue weighted by molar-refractivity contribution is 5.76. The summed E-state index contributed by atoms with van der Waals surface area (Å²) in [5.41, 5.74) is 0. The van der Waals surface area contributed by atoms with Crippen molar-refractivity contribution >= 4 is 11.9 Å². The summed E-state index contributed by atoms with van der Waals surface area (Å²) in [6.45, 7) is 4.89. The average molecular weight is 929 g/mol. The minimum atomic E-state index is -0.851. The smallest absolute Gasteiger partial charge is 0.305 e. The Morgan fingerprint density at radius 3 is 1.08 bits per heavy atom. The number of carbonyl (C=O) groups is 2. The number of aliphatic hydroxyl groups excluding tert-OH is 2. The van der Waals surface area contributed by atoms with Crippen molar-refractivity contribution in [2.24, 2.45) is 0 Å². The van der Waals surface area contributed by atoms with Crippen LogP contribution in [0.25, 0.3) is 0 Å². The number of allylic oxidation sites excluding steroid dienone is 5. The Morgan fingerprint density at radius 1 is 0.409 bits per heavy atom. The molecule has 0 saturated heterocycles. The Morgan fingerprint density at radius 2 is 0.712 bits per heavy atom. The lowest BCUT2D eigenvalue weighted by atomic mass is 10.0. The van der Waals surface area contributed by atoms with Gasteiger partial charge in [0.1, 0.15) is 0 Å². The second-order valence-corrected chi connectivity index (χ2v) is 20.0. The van der Waals surface area contributed by atoms with Crippen molar-refractivity contribution in [2.75, 3.05) is 13.2 Å². The molecule has 388 valence electrons. The zero-order valence-corrected chi connectivity index (χ0v) is 44.2. The second kappa shape index (κ2) is 55.7. The summed E-state index contributed by atoms with van der Waals surface area (Å²) in [6, 6.07) is -0.635. The lowest BCUT2D eigenvalue weighted by molar-refractivity contribution is -0.143. The normalized spacial score (nSPS) is 12.8. The molecule has 0 aliphatic heterocycles. The van der Waals surface area contributed by atoms with Gasteiger partial charge in [0.25, 0.3) is 0 Å². The number of esters is 1. The molecule has 2 unspecified atom stereocenters. The quantitative estimate of drug-likeness (QED) is 0.0321. The molecular weight excluding hydrogens is 815 g/mol. The van der Waals surface area contributed by atoms with E-state index < -0.39 is 12.1 Å². The lowest BCUT2D eigenvalue weighted by Crippen LogP contribution is -2.45. The van der Waals surface area contributed by atoms with E-state index in [9.17, 15) is 19.8 Å². The minimum Gasteiger partial charge on any atom is -0.466 e. The van der Waals surface area contributed by atoms with Crippen molar-refractivity contribution in [3.63, 3.8) is 0 Å². The molecule has 0 heterocycles. The molecule has 6 nitrogen and oxygen atoms in total. The molecule has 0 bridgehead atoms. The average Bonchev–Trinajstić information content (AvgIpc) is 3.32. The highest BCUT2D eigenvalue weighted by atomic mass is 16.5. The van der Waals surface area contributed by atoms with E-state index in [4.69, 9.17) is 4.74 Å². The van der Waals surface area contributed by atoms with Gasteiger partial charge in [0.2, 0.25) is 5.91 Å². The van der Waals surface area contributed by atoms with Crippen LogP contribution in [0.15, 0.2) is 36.5 Å². The van der Waals surface area contributed by atoms with Gasteiger partial charge in [-0.3, -0.25) is 9.59 Å². The number of nitrogens with one attached hydrogen (secondary N) is 1. The van der Waals surface area contributed by atoms with Crippen LogP contribution >= 0.6 is 0 Å². The van der Waals surface area contributed by atoms with Crippen LogP contribution in [0, 0.1) is 0 Å². The highest BCUT2D eigenvalue weighted by Gasteiger charge is 2.18. The maximum absolute atomic E-state index is 12.4. The van der Waals surface area contributed by atoms with Crippen molar-refractivity contribution in [3.05, 3.63) is 36.5 Å². The topological polar surface area (TPSA) is 95.9 Å².